The van der Waals surface area contributed by atoms with Crippen LogP contribution in [0.15, 0.2) is 48.7 Å². The molecule has 5 heteroatoms. The summed E-state index contributed by atoms with van der Waals surface area (Å²) in [7, 11) is 0. The van der Waals surface area contributed by atoms with Gasteiger partial charge in [-0.3, -0.25) is 4.79 Å². The summed E-state index contributed by atoms with van der Waals surface area (Å²) < 4.78 is 5.87. The van der Waals surface area contributed by atoms with Gasteiger partial charge in [0.2, 0.25) is 0 Å². The molecule has 0 spiro atoms. The first-order valence-electron chi connectivity index (χ1n) is 11.0. The molecule has 168 valence electrons. The third-order valence-corrected chi connectivity index (χ3v) is 4.87. The Labute approximate surface area is 190 Å². The number of aromatic amines is 1. The molecule has 0 aliphatic carbocycles. The number of aliphatic hydroxyl groups excluding tert-OH is 1. The van der Waals surface area contributed by atoms with Crippen molar-refractivity contribution in [3.05, 3.63) is 65.4 Å². The van der Waals surface area contributed by atoms with Gasteiger partial charge in [0.25, 0.3) is 5.91 Å². The molecule has 0 unspecified atom stereocenters. The molecule has 32 heavy (non-hydrogen) atoms. The molecular formula is C27H32N2O3. The minimum atomic E-state index is -0.432. The van der Waals surface area contributed by atoms with E-state index in [1.807, 2.05) is 71.1 Å². The summed E-state index contributed by atoms with van der Waals surface area (Å²) >= 11 is 0. The fraction of sp³-hybridized carbons (Fsp3) is 0.370. The normalized spacial score (nSPS) is 12.3. The van der Waals surface area contributed by atoms with Gasteiger partial charge >= 0.3 is 0 Å². The lowest BCUT2D eigenvalue weighted by Gasteiger charge is -2.19. The maximum Gasteiger partial charge on any atom is 0.255 e. The predicted molar refractivity (Wildman–Crippen MR) is 129 cm³/mol. The SMILES string of the molecule is CC(C)Oc1ccc(C#CC(C)(C)C)cc1C(=O)N[C@@H](CO)Cc1c[nH]c2ccccc12. The van der Waals surface area contributed by atoms with Crippen molar-refractivity contribution in [1.29, 1.82) is 0 Å². The quantitative estimate of drug-likeness (QED) is 0.474. The second-order valence-corrected chi connectivity index (χ2v) is 9.29. The number of H-pyrrole nitrogens is 1. The highest BCUT2D eigenvalue weighted by atomic mass is 16.5. The fourth-order valence-electron chi connectivity index (χ4n) is 3.39. The number of benzene rings is 2. The topological polar surface area (TPSA) is 74.3 Å². The Kier molecular flexibility index (Phi) is 7.27. The highest BCUT2D eigenvalue weighted by Crippen LogP contribution is 2.23. The second-order valence-electron chi connectivity index (χ2n) is 9.29. The number of nitrogens with one attached hydrogen (secondary N) is 2. The summed E-state index contributed by atoms with van der Waals surface area (Å²) in [5.41, 5.74) is 3.10. The van der Waals surface area contributed by atoms with E-state index in [9.17, 15) is 9.90 Å². The van der Waals surface area contributed by atoms with Gasteiger partial charge in [-0.1, -0.05) is 30.0 Å². The number of carbonyl (C=O) groups excluding carboxylic acids is 1. The van der Waals surface area contributed by atoms with Crippen molar-refractivity contribution < 1.29 is 14.6 Å². The van der Waals surface area contributed by atoms with E-state index in [-0.39, 0.29) is 24.0 Å². The van der Waals surface area contributed by atoms with Gasteiger partial charge in [0.05, 0.1) is 24.3 Å². The van der Waals surface area contributed by atoms with Gasteiger partial charge in [-0.15, -0.1) is 0 Å². The molecule has 3 N–H and O–H groups in total. The van der Waals surface area contributed by atoms with Gasteiger partial charge in [0, 0.05) is 28.1 Å². The summed E-state index contributed by atoms with van der Waals surface area (Å²) in [6, 6.07) is 13.0. The van der Waals surface area contributed by atoms with Crippen LogP contribution in [0.3, 0.4) is 0 Å². The number of carbonyl (C=O) groups is 1. The number of hydrogen-bond donors (Lipinski definition) is 3. The minimum Gasteiger partial charge on any atom is -0.490 e. The molecule has 0 aliphatic heterocycles. The van der Waals surface area contributed by atoms with Crippen LogP contribution in [0.5, 0.6) is 5.75 Å². The molecule has 0 fully saturated rings. The van der Waals surface area contributed by atoms with Crippen LogP contribution < -0.4 is 10.1 Å². The van der Waals surface area contributed by atoms with Crippen LogP contribution >= 0.6 is 0 Å². The van der Waals surface area contributed by atoms with E-state index < -0.39 is 6.04 Å². The van der Waals surface area contributed by atoms with Gasteiger partial charge in [-0.05, 0) is 70.9 Å². The zero-order valence-electron chi connectivity index (χ0n) is 19.5. The number of hydrogen-bond acceptors (Lipinski definition) is 3. The molecule has 2 aromatic carbocycles. The molecule has 1 amide bonds. The largest absolute Gasteiger partial charge is 0.490 e. The first-order chi connectivity index (χ1) is 15.2. The number of para-hydroxylation sites is 1. The molecule has 3 rings (SSSR count). The maximum absolute atomic E-state index is 13.2. The Balaban J connectivity index is 1.85. The van der Waals surface area contributed by atoms with Crippen LogP contribution in [0, 0.1) is 17.3 Å². The number of rotatable bonds is 7. The average Bonchev–Trinajstić information content (AvgIpc) is 3.14. The zero-order valence-corrected chi connectivity index (χ0v) is 19.5. The minimum absolute atomic E-state index is 0.0760. The molecule has 0 aliphatic rings. The van der Waals surface area contributed by atoms with Crippen molar-refractivity contribution >= 4 is 16.8 Å². The lowest BCUT2D eigenvalue weighted by atomic mass is 9.97. The van der Waals surface area contributed by atoms with E-state index in [1.54, 1.807) is 12.1 Å². The van der Waals surface area contributed by atoms with Crippen molar-refractivity contribution in [1.82, 2.24) is 10.3 Å². The Morgan fingerprint density at radius 1 is 1.19 bits per heavy atom. The van der Waals surface area contributed by atoms with Gasteiger partial charge in [-0.25, -0.2) is 0 Å². The predicted octanol–water partition coefficient (Wildman–Crippen LogP) is 4.69. The molecular weight excluding hydrogens is 400 g/mol. The monoisotopic (exact) mass is 432 g/mol. The van der Waals surface area contributed by atoms with E-state index in [1.165, 1.54) is 0 Å². The smallest absolute Gasteiger partial charge is 0.255 e. The lowest BCUT2D eigenvalue weighted by Crippen LogP contribution is -2.39. The Bertz CT molecular complexity index is 1140. The summed E-state index contributed by atoms with van der Waals surface area (Å²) in [5.74, 6) is 6.55. The number of amides is 1. The van der Waals surface area contributed by atoms with Crippen LogP contribution in [-0.2, 0) is 6.42 Å². The molecule has 0 radical (unpaired) electrons. The van der Waals surface area contributed by atoms with Crippen LogP contribution in [-0.4, -0.2) is 34.8 Å². The van der Waals surface area contributed by atoms with Crippen molar-refractivity contribution in [2.75, 3.05) is 6.61 Å². The van der Waals surface area contributed by atoms with Crippen molar-refractivity contribution in [3.63, 3.8) is 0 Å². The van der Waals surface area contributed by atoms with Crippen LogP contribution in [0.1, 0.15) is 56.1 Å². The molecule has 1 atom stereocenters. The zero-order chi connectivity index (χ0) is 23.3. The summed E-state index contributed by atoms with van der Waals surface area (Å²) in [6.07, 6.45) is 2.36. The first-order valence-corrected chi connectivity index (χ1v) is 11.0. The van der Waals surface area contributed by atoms with Gasteiger partial charge in [-0.2, -0.15) is 0 Å². The second kappa shape index (κ2) is 9.93. The van der Waals surface area contributed by atoms with Crippen LogP contribution in [0.4, 0.5) is 0 Å². The summed E-state index contributed by atoms with van der Waals surface area (Å²) in [4.78, 5) is 16.4. The number of fused-ring (bicyclic) bond motifs is 1. The van der Waals surface area contributed by atoms with Crippen molar-refractivity contribution in [2.45, 2.75) is 53.2 Å². The third kappa shape index (κ3) is 6.15. The van der Waals surface area contributed by atoms with Gasteiger partial charge < -0.3 is 20.1 Å². The summed E-state index contributed by atoms with van der Waals surface area (Å²) in [5, 5.41) is 14.0. The molecule has 1 heterocycles. The Hall–Kier alpha value is -3.23. The number of ether oxygens (including phenoxy) is 1. The van der Waals surface area contributed by atoms with Crippen molar-refractivity contribution in [3.8, 4) is 17.6 Å². The highest BCUT2D eigenvalue weighted by Gasteiger charge is 2.19. The van der Waals surface area contributed by atoms with E-state index >= 15 is 0 Å². The molecule has 0 saturated heterocycles. The van der Waals surface area contributed by atoms with E-state index in [0.29, 0.717) is 17.7 Å². The van der Waals surface area contributed by atoms with E-state index in [2.05, 4.69) is 22.1 Å². The maximum atomic E-state index is 13.2. The standard InChI is InChI=1S/C27H32N2O3/c1-18(2)32-25-11-10-19(12-13-27(3,4)5)14-23(25)26(31)29-21(17-30)15-20-16-28-24-9-7-6-8-22(20)24/h6-11,14,16,18,21,28,30H,15,17H2,1-5H3,(H,29,31)/t21-/m1/s1. The molecule has 0 saturated carbocycles. The molecule has 3 aromatic rings. The lowest BCUT2D eigenvalue weighted by molar-refractivity contribution is 0.0910. The van der Waals surface area contributed by atoms with E-state index in [4.69, 9.17) is 4.74 Å². The molecule has 1 aromatic heterocycles. The molecule has 5 nitrogen and oxygen atoms in total. The van der Waals surface area contributed by atoms with Gasteiger partial charge in [0.1, 0.15) is 5.75 Å². The number of aliphatic hydroxyl groups is 1. The van der Waals surface area contributed by atoms with E-state index in [0.717, 1.165) is 22.0 Å². The number of aromatic nitrogens is 1. The summed E-state index contributed by atoms with van der Waals surface area (Å²) in [6.45, 7) is 9.79. The van der Waals surface area contributed by atoms with Gasteiger partial charge in [0.15, 0.2) is 0 Å². The highest BCUT2D eigenvalue weighted by molar-refractivity contribution is 5.97. The van der Waals surface area contributed by atoms with Crippen molar-refractivity contribution in [2.24, 2.45) is 5.41 Å². The third-order valence-electron chi connectivity index (χ3n) is 4.87. The molecule has 0 bridgehead atoms. The fourth-order valence-corrected chi connectivity index (χ4v) is 3.39. The first kappa shape index (κ1) is 23.4. The van der Waals surface area contributed by atoms with Crippen LogP contribution in [0.25, 0.3) is 10.9 Å². The Morgan fingerprint density at radius 2 is 1.94 bits per heavy atom. The average molecular weight is 433 g/mol. The van der Waals surface area contributed by atoms with Crippen LogP contribution in [0.2, 0.25) is 0 Å². The Morgan fingerprint density at radius 3 is 2.62 bits per heavy atom.